The number of carbonyl (C=O) groups is 4. The molecule has 0 saturated carbocycles. The van der Waals surface area contributed by atoms with Crippen molar-refractivity contribution in [2.45, 2.75) is 45.7 Å². The topological polar surface area (TPSA) is 116 Å². The second-order valence-corrected chi connectivity index (χ2v) is 7.32. The van der Waals surface area contributed by atoms with Gasteiger partial charge in [0.05, 0.1) is 5.92 Å². The minimum absolute atomic E-state index is 0.0242. The molecule has 1 aromatic carbocycles. The third kappa shape index (κ3) is 5.52. The van der Waals surface area contributed by atoms with Gasteiger partial charge in [0.1, 0.15) is 17.9 Å². The Hall–Kier alpha value is -2.97. The lowest BCUT2D eigenvalue weighted by atomic mass is 9.96. The van der Waals surface area contributed by atoms with Gasteiger partial charge in [0.15, 0.2) is 0 Å². The number of rotatable bonds is 8. The molecule has 1 saturated heterocycles. The van der Waals surface area contributed by atoms with Gasteiger partial charge >= 0.3 is 5.97 Å². The summed E-state index contributed by atoms with van der Waals surface area (Å²) in [5.74, 6) is -3.79. The zero-order valence-electron chi connectivity index (χ0n) is 16.6. The van der Waals surface area contributed by atoms with Crippen LogP contribution in [-0.4, -0.2) is 47.4 Å². The van der Waals surface area contributed by atoms with Gasteiger partial charge in [-0.15, -0.1) is 0 Å². The molecule has 8 nitrogen and oxygen atoms in total. The van der Waals surface area contributed by atoms with Crippen molar-refractivity contribution >= 4 is 29.4 Å². The number of nitrogens with zero attached hydrogens (tertiary/aromatic N) is 1. The van der Waals surface area contributed by atoms with Crippen molar-refractivity contribution in [3.05, 3.63) is 30.1 Å². The summed E-state index contributed by atoms with van der Waals surface area (Å²) in [6.45, 7) is 5.09. The van der Waals surface area contributed by atoms with E-state index >= 15 is 0 Å². The van der Waals surface area contributed by atoms with Gasteiger partial charge in [-0.05, 0) is 37.1 Å². The van der Waals surface area contributed by atoms with E-state index in [9.17, 15) is 23.6 Å². The van der Waals surface area contributed by atoms with Gasteiger partial charge in [-0.25, -0.2) is 4.39 Å². The molecule has 3 N–H and O–H groups in total. The van der Waals surface area contributed by atoms with Crippen LogP contribution in [0.15, 0.2) is 24.3 Å². The molecule has 0 unspecified atom stereocenters. The van der Waals surface area contributed by atoms with E-state index in [-0.39, 0.29) is 24.8 Å². The van der Waals surface area contributed by atoms with E-state index in [1.165, 1.54) is 36.1 Å². The molecule has 9 heteroatoms. The maximum absolute atomic E-state index is 13.1. The Balaban J connectivity index is 2.07. The molecule has 4 atom stereocenters. The lowest BCUT2D eigenvalue weighted by molar-refractivity contribution is -0.142. The first-order valence-electron chi connectivity index (χ1n) is 9.53. The molecule has 0 spiro atoms. The number of carboxylic acid groups (broad SMARTS) is 1. The zero-order chi connectivity index (χ0) is 21.7. The largest absolute Gasteiger partial charge is 0.480 e. The van der Waals surface area contributed by atoms with Crippen LogP contribution in [0.2, 0.25) is 0 Å². The number of carbonyl (C=O) groups excluding carboxylic acids is 3. The summed E-state index contributed by atoms with van der Waals surface area (Å²) in [6.07, 6.45) is 0.564. The number of carboxylic acids is 1. The molecule has 0 aliphatic carbocycles. The van der Waals surface area contributed by atoms with E-state index < -0.39 is 41.6 Å². The highest BCUT2D eigenvalue weighted by atomic mass is 19.1. The number of amides is 3. The predicted octanol–water partition coefficient (Wildman–Crippen LogP) is 1.30. The summed E-state index contributed by atoms with van der Waals surface area (Å²) in [5, 5.41) is 14.0. The van der Waals surface area contributed by atoms with Crippen LogP contribution in [0.3, 0.4) is 0 Å². The van der Waals surface area contributed by atoms with E-state index in [0.29, 0.717) is 12.1 Å². The number of halogens is 1. The molecule has 158 valence electrons. The SMILES string of the molecule is CC[C@@H](C)[C@H](NC(=O)[C@@H]1CC(=O)N(c2ccc(F)cc2)C1)C(=O)N[C@@H](C)C(=O)O. The quantitative estimate of drug-likeness (QED) is 0.601. The Kier molecular flexibility index (Phi) is 7.30. The highest BCUT2D eigenvalue weighted by Gasteiger charge is 2.37. The van der Waals surface area contributed by atoms with Crippen LogP contribution in [0, 0.1) is 17.7 Å². The summed E-state index contributed by atoms with van der Waals surface area (Å²) < 4.78 is 13.1. The number of nitrogens with one attached hydrogen (secondary N) is 2. The van der Waals surface area contributed by atoms with E-state index in [4.69, 9.17) is 5.11 Å². The molecule has 1 aliphatic heterocycles. The first-order valence-corrected chi connectivity index (χ1v) is 9.53. The van der Waals surface area contributed by atoms with E-state index in [2.05, 4.69) is 10.6 Å². The van der Waals surface area contributed by atoms with Crippen LogP contribution < -0.4 is 15.5 Å². The third-order valence-corrected chi connectivity index (χ3v) is 5.16. The van der Waals surface area contributed by atoms with Gasteiger partial charge in [0.2, 0.25) is 17.7 Å². The molecule has 1 heterocycles. The van der Waals surface area contributed by atoms with Crippen molar-refractivity contribution in [2.24, 2.45) is 11.8 Å². The zero-order valence-corrected chi connectivity index (χ0v) is 16.6. The fourth-order valence-electron chi connectivity index (χ4n) is 3.09. The van der Waals surface area contributed by atoms with Gasteiger partial charge in [-0.2, -0.15) is 0 Å². The summed E-state index contributed by atoms with van der Waals surface area (Å²) in [6, 6.07) is 3.41. The van der Waals surface area contributed by atoms with Gasteiger partial charge in [0, 0.05) is 18.7 Å². The number of hydrogen-bond acceptors (Lipinski definition) is 4. The molecule has 1 fully saturated rings. The molecule has 2 rings (SSSR count). The molecule has 3 amide bonds. The Bertz CT molecular complexity index is 783. The Morgan fingerprint density at radius 2 is 1.83 bits per heavy atom. The maximum Gasteiger partial charge on any atom is 0.325 e. The van der Waals surface area contributed by atoms with Crippen LogP contribution in [0.4, 0.5) is 10.1 Å². The highest BCUT2D eigenvalue weighted by molar-refractivity contribution is 6.01. The summed E-state index contributed by atoms with van der Waals surface area (Å²) >= 11 is 0. The predicted molar refractivity (Wildman–Crippen MR) is 103 cm³/mol. The minimum atomic E-state index is -1.18. The van der Waals surface area contributed by atoms with Crippen LogP contribution >= 0.6 is 0 Å². The molecular formula is C20H26FN3O5. The van der Waals surface area contributed by atoms with E-state index in [1.54, 1.807) is 6.92 Å². The van der Waals surface area contributed by atoms with Crippen LogP contribution in [0.25, 0.3) is 0 Å². The fraction of sp³-hybridized carbons (Fsp3) is 0.500. The molecular weight excluding hydrogens is 381 g/mol. The first kappa shape index (κ1) is 22.3. The average molecular weight is 407 g/mol. The molecule has 0 radical (unpaired) electrons. The van der Waals surface area contributed by atoms with E-state index in [0.717, 1.165) is 0 Å². The maximum atomic E-state index is 13.1. The normalized spacial score (nSPS) is 19.4. The minimum Gasteiger partial charge on any atom is -0.480 e. The van der Waals surface area contributed by atoms with Crippen LogP contribution in [-0.2, 0) is 19.2 Å². The Labute approximate surface area is 168 Å². The lowest BCUT2D eigenvalue weighted by Crippen LogP contribution is -2.54. The van der Waals surface area contributed by atoms with Gasteiger partial charge in [0.25, 0.3) is 0 Å². The summed E-state index contributed by atoms with van der Waals surface area (Å²) in [5.41, 5.74) is 0.498. The molecule has 0 bridgehead atoms. The smallest absolute Gasteiger partial charge is 0.325 e. The molecule has 1 aliphatic rings. The van der Waals surface area contributed by atoms with Crippen LogP contribution in [0.1, 0.15) is 33.6 Å². The van der Waals surface area contributed by atoms with Crippen molar-refractivity contribution in [1.82, 2.24) is 10.6 Å². The van der Waals surface area contributed by atoms with Gasteiger partial charge in [-0.1, -0.05) is 20.3 Å². The number of anilines is 1. The average Bonchev–Trinajstić information content (AvgIpc) is 3.07. The summed E-state index contributed by atoms with van der Waals surface area (Å²) in [7, 11) is 0. The van der Waals surface area contributed by atoms with Gasteiger partial charge < -0.3 is 20.6 Å². The number of aliphatic carboxylic acids is 1. The second kappa shape index (κ2) is 9.49. The van der Waals surface area contributed by atoms with Crippen molar-refractivity contribution in [1.29, 1.82) is 0 Å². The van der Waals surface area contributed by atoms with E-state index in [1.807, 2.05) is 6.92 Å². The standard InChI is InChI=1S/C20H26FN3O5/c1-4-11(2)17(19(27)22-12(3)20(28)29)23-18(26)13-9-16(25)24(10-13)15-7-5-14(21)6-8-15/h5-8,11-13,17H,4,9-10H2,1-3H3,(H,22,27)(H,23,26)(H,28,29)/t11-,12+,13-,17+/m1/s1. The fourth-order valence-corrected chi connectivity index (χ4v) is 3.09. The van der Waals surface area contributed by atoms with Crippen molar-refractivity contribution in [3.8, 4) is 0 Å². The van der Waals surface area contributed by atoms with Crippen molar-refractivity contribution in [2.75, 3.05) is 11.4 Å². The molecule has 0 aromatic heterocycles. The Morgan fingerprint density at radius 1 is 1.21 bits per heavy atom. The van der Waals surface area contributed by atoms with Crippen molar-refractivity contribution < 1.29 is 28.7 Å². The monoisotopic (exact) mass is 407 g/mol. The van der Waals surface area contributed by atoms with Crippen molar-refractivity contribution in [3.63, 3.8) is 0 Å². The highest BCUT2D eigenvalue weighted by Crippen LogP contribution is 2.25. The summed E-state index contributed by atoms with van der Waals surface area (Å²) in [4.78, 5) is 49.9. The van der Waals surface area contributed by atoms with Crippen LogP contribution in [0.5, 0.6) is 0 Å². The number of hydrogen-bond donors (Lipinski definition) is 3. The second-order valence-electron chi connectivity index (χ2n) is 7.32. The lowest BCUT2D eigenvalue weighted by Gasteiger charge is -2.26. The third-order valence-electron chi connectivity index (χ3n) is 5.16. The number of benzene rings is 1. The first-order chi connectivity index (χ1) is 13.6. The molecule has 29 heavy (non-hydrogen) atoms. The Morgan fingerprint density at radius 3 is 2.38 bits per heavy atom. The molecule has 1 aromatic rings. The van der Waals surface area contributed by atoms with Gasteiger partial charge in [-0.3, -0.25) is 19.2 Å².